The van der Waals surface area contributed by atoms with Crippen LogP contribution in [0.5, 0.6) is 0 Å². The monoisotopic (exact) mass is 650 g/mol. The number of carbonyl (C=O) groups is 2. The molecule has 0 aliphatic carbocycles. The Balaban J connectivity index is 2.06. The third-order valence-corrected chi connectivity index (χ3v) is 10.2. The molecule has 0 saturated carbocycles. The van der Waals surface area contributed by atoms with Gasteiger partial charge in [-0.2, -0.15) is 0 Å². The zero-order valence-corrected chi connectivity index (χ0v) is 29.8. The van der Waals surface area contributed by atoms with Crippen LogP contribution in [0.2, 0.25) is 0 Å². The summed E-state index contributed by atoms with van der Waals surface area (Å²) in [4.78, 5) is 41.7. The number of nitrogens with one attached hydrogen (secondary N) is 2. The molecule has 0 aromatic carbocycles. The van der Waals surface area contributed by atoms with E-state index in [1.165, 1.54) is 27.8 Å². The van der Waals surface area contributed by atoms with Gasteiger partial charge in [-0.05, 0) is 123 Å². The lowest BCUT2D eigenvalue weighted by Gasteiger charge is -2.08. The maximum absolute atomic E-state index is 11.8. The molecule has 8 bridgehead atoms. The Morgan fingerprint density at radius 2 is 1.21 bits per heavy atom. The van der Waals surface area contributed by atoms with Crippen LogP contribution in [0, 0.1) is 13.8 Å². The van der Waals surface area contributed by atoms with E-state index in [-0.39, 0.29) is 12.8 Å². The van der Waals surface area contributed by atoms with Crippen molar-refractivity contribution in [1.82, 2.24) is 19.9 Å². The topological polar surface area (TPSA) is 132 Å². The smallest absolute Gasteiger partial charge is 0.303 e. The Morgan fingerprint density at radius 3 is 1.81 bits per heavy atom. The summed E-state index contributed by atoms with van der Waals surface area (Å²) in [6.45, 7) is 17.3. The summed E-state index contributed by atoms with van der Waals surface area (Å²) in [6.07, 6.45) is 6.03. The minimum Gasteiger partial charge on any atom is -0.481 e. The Morgan fingerprint density at radius 1 is 0.604 bits per heavy atom. The highest BCUT2D eigenvalue weighted by molar-refractivity contribution is 5.97. The Bertz CT molecular complexity index is 2020. The molecule has 8 nitrogen and oxygen atoms in total. The van der Waals surface area contributed by atoms with E-state index < -0.39 is 11.9 Å². The number of carboxylic acid groups (broad SMARTS) is 2. The van der Waals surface area contributed by atoms with Gasteiger partial charge in [-0.3, -0.25) is 9.59 Å². The van der Waals surface area contributed by atoms with Gasteiger partial charge >= 0.3 is 11.9 Å². The minimum atomic E-state index is -0.857. The number of allylic oxidation sites excluding steroid dienone is 4. The van der Waals surface area contributed by atoms with Crippen LogP contribution in [-0.4, -0.2) is 42.1 Å². The van der Waals surface area contributed by atoms with Gasteiger partial charge in [-0.15, -0.1) is 0 Å². The van der Waals surface area contributed by atoms with E-state index in [1.807, 2.05) is 13.0 Å². The molecule has 8 heteroatoms. The van der Waals surface area contributed by atoms with E-state index in [9.17, 15) is 19.8 Å². The van der Waals surface area contributed by atoms with E-state index in [2.05, 4.69) is 64.5 Å². The number of hydrogen-bond donors (Lipinski definition) is 4. The number of H-pyrrole nitrogens is 2. The van der Waals surface area contributed by atoms with Gasteiger partial charge in [0.1, 0.15) is 0 Å². The van der Waals surface area contributed by atoms with Crippen molar-refractivity contribution in [2.45, 2.75) is 120 Å². The molecule has 5 heterocycles. The van der Waals surface area contributed by atoms with Crippen LogP contribution in [0.25, 0.3) is 44.4 Å². The maximum atomic E-state index is 11.8. The van der Waals surface area contributed by atoms with Gasteiger partial charge < -0.3 is 20.2 Å². The first-order valence-electron chi connectivity index (χ1n) is 17.6. The molecule has 0 fully saturated rings. The number of aliphatic carboxylic acids is 2. The number of nitrogens with zero attached hydrogens (tertiary/aromatic N) is 2. The number of fused-ring (bicyclic) bond motifs is 8. The molecular weight excluding hydrogens is 600 g/mol. The first kappa shape index (κ1) is 34.9. The third kappa shape index (κ3) is 6.37. The highest BCUT2D eigenvalue weighted by Crippen LogP contribution is 2.40. The average molecular weight is 651 g/mol. The van der Waals surface area contributed by atoms with Crippen molar-refractivity contribution in [3.63, 3.8) is 0 Å². The van der Waals surface area contributed by atoms with Gasteiger partial charge in [-0.25, -0.2) is 9.97 Å². The van der Waals surface area contributed by atoms with Crippen molar-refractivity contribution in [2.24, 2.45) is 0 Å². The highest BCUT2D eigenvalue weighted by Gasteiger charge is 2.25. The van der Waals surface area contributed by atoms with Crippen molar-refractivity contribution >= 4 is 56.3 Å². The van der Waals surface area contributed by atoms with E-state index >= 15 is 0 Å². The van der Waals surface area contributed by atoms with Crippen LogP contribution < -0.4 is 0 Å². The molecule has 0 atom stereocenters. The number of rotatable bonds is 12. The van der Waals surface area contributed by atoms with E-state index in [4.69, 9.17) is 9.97 Å². The molecule has 0 unspecified atom stereocenters. The highest BCUT2D eigenvalue weighted by atomic mass is 16.4. The van der Waals surface area contributed by atoms with Gasteiger partial charge in [0.2, 0.25) is 0 Å². The number of aromatic nitrogens is 4. The number of hydrogen-bond acceptors (Lipinski definition) is 4. The Kier molecular flexibility index (Phi) is 10.4. The molecular formula is C40H50N4O4. The Labute approximate surface area is 283 Å². The minimum absolute atomic E-state index is 0.00184. The Hall–Kier alpha value is -4.46. The molecule has 3 aromatic heterocycles. The van der Waals surface area contributed by atoms with E-state index in [0.717, 1.165) is 106 Å². The molecule has 0 spiro atoms. The van der Waals surface area contributed by atoms with Crippen LogP contribution >= 0.6 is 0 Å². The molecule has 2 aliphatic rings. The van der Waals surface area contributed by atoms with Crippen LogP contribution in [0.3, 0.4) is 0 Å². The zero-order valence-electron chi connectivity index (χ0n) is 29.8. The second kappa shape index (κ2) is 14.3. The summed E-state index contributed by atoms with van der Waals surface area (Å²) in [5.74, 6) is -1.71. The predicted molar refractivity (Wildman–Crippen MR) is 196 cm³/mol. The molecule has 0 radical (unpaired) electrons. The standard InChI is InChI=1S/C40H50N4O4/c1-9-13-29-37-24(8)28(16-18-36(47)48)34(43-37)20-33-27(15-17-35(45)46)22(6)31(41-33)19-32-21(5)25(11-3)39(42-32)30(14-10-2)38-23(7)26(12-4)40(29)44-38/h19-20,42-43H,9-18H2,1-8H3,(H,45,46)(H,47,48). The van der Waals surface area contributed by atoms with Crippen LogP contribution in [-0.2, 0) is 35.3 Å². The summed E-state index contributed by atoms with van der Waals surface area (Å²) in [7, 11) is 0. The molecule has 3 aromatic rings. The quantitative estimate of drug-likeness (QED) is 0.154. The third-order valence-electron chi connectivity index (χ3n) is 10.2. The zero-order chi connectivity index (χ0) is 34.9. The van der Waals surface area contributed by atoms with Crippen molar-refractivity contribution in [3.8, 4) is 0 Å². The lowest BCUT2D eigenvalue weighted by atomic mass is 9.95. The first-order valence-corrected chi connectivity index (χ1v) is 17.6. The maximum Gasteiger partial charge on any atom is 0.303 e. The summed E-state index contributed by atoms with van der Waals surface area (Å²) in [6, 6.07) is 4.10. The van der Waals surface area contributed by atoms with Gasteiger partial charge in [0.15, 0.2) is 0 Å². The molecule has 4 N–H and O–H groups in total. The first-order chi connectivity index (χ1) is 22.9. The number of carboxylic acids is 2. The van der Waals surface area contributed by atoms with Gasteiger partial charge in [0.05, 0.1) is 22.8 Å². The van der Waals surface area contributed by atoms with Gasteiger partial charge in [0, 0.05) is 46.0 Å². The SMILES string of the molecule is CCCc1c2nc(c(CCC)c3[nH]c(cc4nc(cc5[nH]c1c(C)c5CCC(=O)O)C(CCC(=O)O)=C4C)c(C)c3CC)C(C)=C2CC. The van der Waals surface area contributed by atoms with Gasteiger partial charge in [-0.1, -0.05) is 40.5 Å². The van der Waals surface area contributed by atoms with Crippen LogP contribution in [0.4, 0.5) is 0 Å². The fraction of sp³-hybridized carbons (Fsp3) is 0.450. The van der Waals surface area contributed by atoms with Crippen LogP contribution in [0.15, 0.2) is 12.1 Å². The molecule has 0 amide bonds. The summed E-state index contributed by atoms with van der Waals surface area (Å²) in [5.41, 5.74) is 18.7. The molecule has 2 aliphatic heterocycles. The fourth-order valence-corrected chi connectivity index (χ4v) is 7.63. The van der Waals surface area contributed by atoms with Gasteiger partial charge in [0.25, 0.3) is 0 Å². The predicted octanol–water partition coefficient (Wildman–Crippen LogP) is 9.55. The summed E-state index contributed by atoms with van der Waals surface area (Å²) < 4.78 is 0. The van der Waals surface area contributed by atoms with Crippen molar-refractivity contribution < 1.29 is 19.8 Å². The van der Waals surface area contributed by atoms with Crippen molar-refractivity contribution in [2.75, 3.05) is 0 Å². The average Bonchev–Trinajstić information content (AvgIpc) is 3.73. The second-order valence-corrected chi connectivity index (χ2v) is 13.2. The second-order valence-electron chi connectivity index (χ2n) is 13.2. The van der Waals surface area contributed by atoms with Crippen molar-refractivity contribution in [1.29, 1.82) is 0 Å². The van der Waals surface area contributed by atoms with E-state index in [0.29, 0.717) is 18.5 Å². The molecule has 0 saturated heterocycles. The number of aromatic amines is 2. The van der Waals surface area contributed by atoms with E-state index in [1.54, 1.807) is 0 Å². The molecule has 5 rings (SSSR count). The normalized spacial score (nSPS) is 13.2. The van der Waals surface area contributed by atoms with Crippen molar-refractivity contribution in [3.05, 3.63) is 68.3 Å². The summed E-state index contributed by atoms with van der Waals surface area (Å²) in [5, 5.41) is 19.3. The van der Waals surface area contributed by atoms with Crippen LogP contribution in [0.1, 0.15) is 136 Å². The lowest BCUT2D eigenvalue weighted by molar-refractivity contribution is -0.137. The lowest BCUT2D eigenvalue weighted by Crippen LogP contribution is -1.98. The molecule has 254 valence electrons. The molecule has 48 heavy (non-hydrogen) atoms. The number of aryl methyl sites for hydroxylation is 6. The summed E-state index contributed by atoms with van der Waals surface area (Å²) >= 11 is 0. The fourth-order valence-electron chi connectivity index (χ4n) is 7.63. The largest absolute Gasteiger partial charge is 0.481 e.